The molecule has 0 saturated heterocycles. The summed E-state index contributed by atoms with van der Waals surface area (Å²) in [6.07, 6.45) is 4.63. The minimum atomic E-state index is -0.267. The molecule has 0 bridgehead atoms. The van der Waals surface area contributed by atoms with Gasteiger partial charge in [0.25, 0.3) is 5.56 Å². The topological polar surface area (TPSA) is 103 Å². The van der Waals surface area contributed by atoms with Crippen molar-refractivity contribution in [3.8, 4) is 11.1 Å². The molecule has 0 aliphatic rings. The van der Waals surface area contributed by atoms with Gasteiger partial charge in [-0.3, -0.25) is 14.2 Å². The molecule has 2 heterocycles. The third-order valence-electron chi connectivity index (χ3n) is 5.53. The van der Waals surface area contributed by atoms with Crippen LogP contribution in [0.25, 0.3) is 22.2 Å². The van der Waals surface area contributed by atoms with E-state index >= 15 is 0 Å². The summed E-state index contributed by atoms with van der Waals surface area (Å²) in [6, 6.07) is 14.8. The molecule has 0 saturated carbocycles. The van der Waals surface area contributed by atoms with Crippen molar-refractivity contribution in [2.45, 2.75) is 25.7 Å². The third kappa shape index (κ3) is 5.21. The number of carbonyl (C=O) groups excluding carboxylic acids is 1. The van der Waals surface area contributed by atoms with Gasteiger partial charge in [-0.1, -0.05) is 41.4 Å². The Bertz CT molecular complexity index is 1400. The molecule has 0 atom stereocenters. The summed E-state index contributed by atoms with van der Waals surface area (Å²) in [5.74, 6) is 0.108. The maximum Gasteiger partial charge on any atom is 0.259 e. The number of aryl methyl sites for hydroxylation is 2. The fourth-order valence-electron chi connectivity index (χ4n) is 3.75. The number of carbonyl (C=O) groups is 1. The third-order valence-corrected chi connectivity index (χ3v) is 6.16. The van der Waals surface area contributed by atoms with E-state index in [2.05, 4.69) is 15.3 Å². The Morgan fingerprint density at radius 3 is 2.47 bits per heavy atom. The Morgan fingerprint density at radius 2 is 1.79 bits per heavy atom. The van der Waals surface area contributed by atoms with Crippen LogP contribution in [0.4, 0.5) is 11.6 Å². The normalized spacial score (nSPS) is 11.0. The van der Waals surface area contributed by atoms with Crippen LogP contribution in [0.2, 0.25) is 10.0 Å². The molecule has 4 rings (SSSR count). The second-order valence-corrected chi connectivity index (χ2v) is 8.80. The summed E-state index contributed by atoms with van der Waals surface area (Å²) < 4.78 is 1.46. The van der Waals surface area contributed by atoms with Crippen LogP contribution in [0.3, 0.4) is 0 Å². The minimum Gasteiger partial charge on any atom is -0.370 e. The maximum atomic E-state index is 13.1. The monoisotopic (exact) mass is 495 g/mol. The molecule has 174 valence electrons. The number of rotatable bonds is 8. The Morgan fingerprint density at radius 1 is 1.09 bits per heavy atom. The number of unbranched alkanes of at least 4 members (excludes halogenated alkanes) is 1. The van der Waals surface area contributed by atoms with Crippen molar-refractivity contribution in [2.24, 2.45) is 12.8 Å². The number of hydrogen-bond acceptors (Lipinski definition) is 5. The first-order valence-corrected chi connectivity index (χ1v) is 11.5. The van der Waals surface area contributed by atoms with Gasteiger partial charge in [0.2, 0.25) is 11.9 Å². The van der Waals surface area contributed by atoms with Crippen LogP contribution in [-0.2, 0) is 18.3 Å². The zero-order valence-electron chi connectivity index (χ0n) is 18.5. The van der Waals surface area contributed by atoms with Crippen LogP contribution in [0.5, 0.6) is 0 Å². The second kappa shape index (κ2) is 10.2. The lowest BCUT2D eigenvalue weighted by molar-refractivity contribution is -0.118. The molecule has 0 aliphatic heterocycles. The summed E-state index contributed by atoms with van der Waals surface area (Å²) >= 11 is 12.6. The predicted molar refractivity (Wildman–Crippen MR) is 137 cm³/mol. The van der Waals surface area contributed by atoms with Gasteiger partial charge in [-0.05, 0) is 55.2 Å². The number of anilines is 2. The molecule has 0 spiro atoms. The second-order valence-electron chi connectivity index (χ2n) is 7.99. The van der Waals surface area contributed by atoms with Gasteiger partial charge in [-0.15, -0.1) is 0 Å². The average molecular weight is 496 g/mol. The van der Waals surface area contributed by atoms with Crippen LogP contribution < -0.4 is 16.6 Å². The van der Waals surface area contributed by atoms with E-state index in [1.54, 1.807) is 37.5 Å². The van der Waals surface area contributed by atoms with Crippen molar-refractivity contribution in [3.63, 3.8) is 0 Å². The van der Waals surface area contributed by atoms with Gasteiger partial charge in [0.05, 0.1) is 15.6 Å². The van der Waals surface area contributed by atoms with Gasteiger partial charge in [0, 0.05) is 36.3 Å². The van der Waals surface area contributed by atoms with Gasteiger partial charge in [0.15, 0.2) is 0 Å². The van der Waals surface area contributed by atoms with E-state index in [0.717, 1.165) is 24.9 Å². The van der Waals surface area contributed by atoms with E-state index in [4.69, 9.17) is 28.9 Å². The number of fused-ring (bicyclic) bond motifs is 1. The van der Waals surface area contributed by atoms with Crippen LogP contribution in [0, 0.1) is 0 Å². The number of pyridine rings is 1. The highest BCUT2D eigenvalue weighted by Gasteiger charge is 2.16. The van der Waals surface area contributed by atoms with Crippen molar-refractivity contribution in [1.82, 2.24) is 14.5 Å². The molecule has 0 radical (unpaired) electrons. The summed E-state index contributed by atoms with van der Waals surface area (Å²) in [5, 5.41) is 4.67. The minimum absolute atomic E-state index is 0.257. The van der Waals surface area contributed by atoms with E-state index in [9.17, 15) is 9.59 Å². The fourth-order valence-corrected chi connectivity index (χ4v) is 4.35. The van der Waals surface area contributed by atoms with Crippen LogP contribution in [0.15, 0.2) is 59.5 Å². The van der Waals surface area contributed by atoms with E-state index in [0.29, 0.717) is 44.6 Å². The molecular weight excluding hydrogens is 473 g/mol. The fraction of sp³-hybridized carbons (Fsp3) is 0.200. The lowest BCUT2D eigenvalue weighted by Crippen LogP contribution is -2.20. The number of benzene rings is 2. The Hall–Kier alpha value is -3.42. The highest BCUT2D eigenvalue weighted by Crippen LogP contribution is 2.33. The molecule has 0 unspecified atom stereocenters. The van der Waals surface area contributed by atoms with E-state index < -0.39 is 0 Å². The maximum absolute atomic E-state index is 13.1. The largest absolute Gasteiger partial charge is 0.370 e. The summed E-state index contributed by atoms with van der Waals surface area (Å²) in [7, 11) is 1.66. The van der Waals surface area contributed by atoms with Gasteiger partial charge in [-0.25, -0.2) is 4.98 Å². The smallest absolute Gasteiger partial charge is 0.259 e. The number of hydrogen-bond donors (Lipinski definition) is 2. The van der Waals surface area contributed by atoms with Crippen molar-refractivity contribution in [1.29, 1.82) is 0 Å². The van der Waals surface area contributed by atoms with Gasteiger partial charge < -0.3 is 11.1 Å². The first-order chi connectivity index (χ1) is 16.3. The SMILES string of the molecule is Cn1c(=O)c(-c2c(Cl)cccc2Cl)cc2cnc(Nc3ccc(CCCCC(N)=O)cc3)nc21. The number of nitrogens with two attached hydrogens (primary N) is 1. The van der Waals surface area contributed by atoms with Crippen molar-refractivity contribution in [2.75, 3.05) is 5.32 Å². The molecule has 2 aromatic heterocycles. The summed E-state index contributed by atoms with van der Waals surface area (Å²) in [4.78, 5) is 32.9. The number of amides is 1. The molecule has 9 heteroatoms. The quantitative estimate of drug-likeness (QED) is 0.325. The summed E-state index contributed by atoms with van der Waals surface area (Å²) in [6.45, 7) is 0. The molecule has 34 heavy (non-hydrogen) atoms. The lowest BCUT2D eigenvalue weighted by Gasteiger charge is -2.12. The summed E-state index contributed by atoms with van der Waals surface area (Å²) in [5.41, 5.74) is 8.28. The van der Waals surface area contributed by atoms with Crippen molar-refractivity contribution in [3.05, 3.63) is 80.7 Å². The van der Waals surface area contributed by atoms with E-state index in [-0.39, 0.29) is 11.5 Å². The molecule has 0 fully saturated rings. The lowest BCUT2D eigenvalue weighted by atomic mass is 10.1. The van der Waals surface area contributed by atoms with Crippen LogP contribution in [0.1, 0.15) is 24.8 Å². The number of nitrogens with zero attached hydrogens (tertiary/aromatic N) is 3. The van der Waals surface area contributed by atoms with Crippen molar-refractivity contribution < 1.29 is 4.79 Å². The number of nitrogens with one attached hydrogen (secondary N) is 1. The number of aromatic nitrogens is 3. The molecule has 3 N–H and O–H groups in total. The predicted octanol–water partition coefficient (Wildman–Crippen LogP) is 5.24. The van der Waals surface area contributed by atoms with Gasteiger partial charge in [-0.2, -0.15) is 4.98 Å². The highest BCUT2D eigenvalue weighted by atomic mass is 35.5. The zero-order chi connectivity index (χ0) is 24.2. The number of halogens is 2. The zero-order valence-corrected chi connectivity index (χ0v) is 20.0. The standard InChI is InChI=1S/C25H23Cl2N5O2/c1-32-23-16(13-18(24(32)34)22-19(26)6-4-7-20(22)27)14-29-25(31-23)30-17-11-9-15(10-12-17)5-2-3-8-21(28)33/h4,6-7,9-14H,2-3,5,8H2,1H3,(H2,28,33)(H,29,30,31). The Labute approximate surface area is 206 Å². The van der Waals surface area contributed by atoms with Crippen LogP contribution in [-0.4, -0.2) is 20.4 Å². The molecular formula is C25H23Cl2N5O2. The molecule has 4 aromatic rings. The van der Waals surface area contributed by atoms with Gasteiger partial charge >= 0.3 is 0 Å². The Kier molecular flexibility index (Phi) is 7.14. The molecule has 2 aromatic carbocycles. The first-order valence-electron chi connectivity index (χ1n) is 10.8. The highest BCUT2D eigenvalue weighted by molar-refractivity contribution is 6.39. The molecule has 7 nitrogen and oxygen atoms in total. The number of primary amides is 1. The van der Waals surface area contributed by atoms with Crippen LogP contribution >= 0.6 is 23.2 Å². The Balaban J connectivity index is 1.56. The molecule has 1 amide bonds. The van der Waals surface area contributed by atoms with Crippen molar-refractivity contribution >= 4 is 51.8 Å². The van der Waals surface area contributed by atoms with E-state index in [1.165, 1.54) is 10.1 Å². The van der Waals surface area contributed by atoms with Gasteiger partial charge in [0.1, 0.15) is 5.65 Å². The van der Waals surface area contributed by atoms with E-state index in [1.807, 2.05) is 24.3 Å². The molecule has 0 aliphatic carbocycles. The average Bonchev–Trinajstić information content (AvgIpc) is 2.81. The first kappa shape index (κ1) is 23.7.